The summed E-state index contributed by atoms with van der Waals surface area (Å²) in [5, 5.41) is 15.4. The number of hydrogen-bond acceptors (Lipinski definition) is 6. The number of likely N-dealkylation sites (N-methyl/N-ethyl adjacent to an activating group) is 1. The third-order valence-electron chi connectivity index (χ3n) is 7.00. The predicted molar refractivity (Wildman–Crippen MR) is 136 cm³/mol. The highest BCUT2D eigenvalue weighted by atomic mass is 16.2. The normalized spacial score (nSPS) is 20.8. The number of carbonyl (C=O) groups is 4. The quantitative estimate of drug-likeness (QED) is 0.558. The number of para-hydroxylation sites is 1. The Kier molecular flexibility index (Phi) is 7.25. The van der Waals surface area contributed by atoms with Crippen LogP contribution < -0.4 is 10.6 Å². The number of likely N-dealkylation sites (tertiary alicyclic amines) is 1. The second-order valence-corrected chi connectivity index (χ2v) is 9.99. The molecule has 0 bridgehead atoms. The Balaban J connectivity index is 1.54. The lowest BCUT2D eigenvalue weighted by atomic mass is 9.80. The van der Waals surface area contributed by atoms with E-state index >= 15 is 0 Å². The molecule has 2 aliphatic heterocycles. The van der Waals surface area contributed by atoms with E-state index in [2.05, 4.69) is 21.7 Å². The Labute approximate surface area is 215 Å². The molecule has 0 saturated carbocycles. The third kappa shape index (κ3) is 5.03. The van der Waals surface area contributed by atoms with Gasteiger partial charge in [-0.25, -0.2) is 4.98 Å². The topological polar surface area (TPSA) is 136 Å². The molecule has 1 spiro atoms. The molecule has 2 N–H and O–H groups in total. The molecule has 0 radical (unpaired) electrons. The smallest absolute Gasteiger partial charge is 0.246 e. The van der Waals surface area contributed by atoms with Gasteiger partial charge in [0.25, 0.3) is 0 Å². The predicted octanol–water partition coefficient (Wildman–Crippen LogP) is 2.30. The molecule has 2 aromatic rings. The largest absolute Gasteiger partial charge is 0.333 e. The van der Waals surface area contributed by atoms with Gasteiger partial charge in [0.15, 0.2) is 0 Å². The zero-order chi connectivity index (χ0) is 26.7. The van der Waals surface area contributed by atoms with Gasteiger partial charge in [0.05, 0.1) is 11.5 Å². The second kappa shape index (κ2) is 10.4. The molecule has 1 saturated heterocycles. The van der Waals surface area contributed by atoms with Crippen molar-refractivity contribution in [3.05, 3.63) is 54.2 Å². The van der Waals surface area contributed by atoms with Crippen LogP contribution in [0.2, 0.25) is 0 Å². The van der Waals surface area contributed by atoms with Crippen molar-refractivity contribution >= 4 is 35.1 Å². The van der Waals surface area contributed by atoms with Crippen LogP contribution in [0.5, 0.6) is 0 Å². The van der Waals surface area contributed by atoms with Gasteiger partial charge in [-0.2, -0.15) is 5.26 Å². The Morgan fingerprint density at radius 2 is 1.97 bits per heavy atom. The molecule has 192 valence electrons. The van der Waals surface area contributed by atoms with E-state index in [1.54, 1.807) is 24.3 Å². The number of aromatic nitrogens is 1. The molecule has 1 aromatic heterocycles. The van der Waals surface area contributed by atoms with Crippen molar-refractivity contribution in [1.29, 1.82) is 5.26 Å². The molecular formula is C27H30N6O4. The Morgan fingerprint density at radius 1 is 1.24 bits per heavy atom. The van der Waals surface area contributed by atoms with Crippen molar-refractivity contribution < 1.29 is 19.2 Å². The monoisotopic (exact) mass is 502 g/mol. The fourth-order valence-corrected chi connectivity index (χ4v) is 5.11. The zero-order valence-corrected chi connectivity index (χ0v) is 21.1. The van der Waals surface area contributed by atoms with Crippen LogP contribution in [0.3, 0.4) is 0 Å². The van der Waals surface area contributed by atoms with Crippen molar-refractivity contribution in [2.75, 3.05) is 24.2 Å². The molecular weight excluding hydrogens is 472 g/mol. The number of carbonyl (C=O) groups excluding carboxylic acids is 4. The standard InChI is InChI=1S/C27H30N6O4/c1-17(2)12-21(32(3)24(35)13-23(34)31-22-10-6-7-11-29-22)25(36)33-16-27(14-18(33)15-28)19-8-4-5-9-20(19)30-26(27)37/h4-11,17-18,21H,12-14,16H2,1-3H3,(H,30,37)(H,29,31,34)/t18-,21-,27-/m0/s1. The minimum absolute atomic E-state index is 0.0453. The van der Waals surface area contributed by atoms with Gasteiger partial charge in [-0.15, -0.1) is 0 Å². The number of nitrogens with zero attached hydrogens (tertiary/aromatic N) is 4. The van der Waals surface area contributed by atoms with Crippen LogP contribution in [0, 0.1) is 17.2 Å². The fourth-order valence-electron chi connectivity index (χ4n) is 5.11. The lowest BCUT2D eigenvalue weighted by molar-refractivity contribution is -0.146. The molecule has 4 amide bonds. The van der Waals surface area contributed by atoms with Crippen LogP contribution in [-0.4, -0.2) is 64.1 Å². The first-order valence-electron chi connectivity index (χ1n) is 12.2. The second-order valence-electron chi connectivity index (χ2n) is 9.99. The van der Waals surface area contributed by atoms with Gasteiger partial charge < -0.3 is 20.4 Å². The first kappa shape index (κ1) is 25.8. The highest BCUT2D eigenvalue weighted by molar-refractivity contribution is 6.08. The molecule has 10 nitrogen and oxygen atoms in total. The lowest BCUT2D eigenvalue weighted by Crippen LogP contribution is -2.52. The maximum Gasteiger partial charge on any atom is 0.246 e. The molecule has 0 unspecified atom stereocenters. The SMILES string of the molecule is CC(C)C[C@@H](C(=O)N1C[C@]2(C[C@H]1C#N)C(=O)Nc1ccccc12)N(C)C(=O)CC(=O)Nc1ccccn1. The maximum absolute atomic E-state index is 13.9. The number of anilines is 2. The van der Waals surface area contributed by atoms with E-state index in [1.165, 1.54) is 23.0 Å². The number of benzene rings is 1. The maximum atomic E-state index is 13.9. The summed E-state index contributed by atoms with van der Waals surface area (Å²) in [6.07, 6.45) is 1.58. The molecule has 3 atom stereocenters. The van der Waals surface area contributed by atoms with Gasteiger partial charge in [0.2, 0.25) is 23.6 Å². The molecule has 1 aromatic carbocycles. The number of hydrogen-bond donors (Lipinski definition) is 2. The van der Waals surface area contributed by atoms with Gasteiger partial charge in [0, 0.05) is 31.9 Å². The number of fused-ring (bicyclic) bond motifs is 2. The van der Waals surface area contributed by atoms with Gasteiger partial charge in [0.1, 0.15) is 24.3 Å². The van der Waals surface area contributed by atoms with E-state index < -0.39 is 41.6 Å². The van der Waals surface area contributed by atoms with E-state index in [-0.39, 0.29) is 24.8 Å². The zero-order valence-electron chi connectivity index (χ0n) is 21.1. The van der Waals surface area contributed by atoms with Crippen LogP contribution in [0.25, 0.3) is 0 Å². The van der Waals surface area contributed by atoms with E-state index in [4.69, 9.17) is 0 Å². The summed E-state index contributed by atoms with van der Waals surface area (Å²) in [6, 6.07) is 12.8. The first-order valence-corrected chi connectivity index (χ1v) is 12.2. The van der Waals surface area contributed by atoms with Gasteiger partial charge in [-0.1, -0.05) is 38.1 Å². The number of pyridine rings is 1. The number of amides is 4. The summed E-state index contributed by atoms with van der Waals surface area (Å²) in [5.41, 5.74) is 0.440. The van der Waals surface area contributed by atoms with Gasteiger partial charge in [-0.05, 0) is 36.1 Å². The Bertz CT molecular complexity index is 1260. The number of nitrogens with one attached hydrogen (secondary N) is 2. The molecule has 1 fully saturated rings. The van der Waals surface area contributed by atoms with E-state index in [0.29, 0.717) is 17.9 Å². The fraction of sp³-hybridized carbons (Fsp3) is 0.407. The van der Waals surface area contributed by atoms with Crippen LogP contribution in [0.4, 0.5) is 11.5 Å². The van der Waals surface area contributed by atoms with Crippen LogP contribution in [0.15, 0.2) is 48.7 Å². The Hall–Kier alpha value is -4.26. The molecule has 4 rings (SSSR count). The minimum atomic E-state index is -1.01. The highest BCUT2D eigenvalue weighted by Gasteiger charge is 2.56. The summed E-state index contributed by atoms with van der Waals surface area (Å²) in [7, 11) is 1.49. The van der Waals surface area contributed by atoms with Crippen molar-refractivity contribution in [1.82, 2.24) is 14.8 Å². The highest BCUT2D eigenvalue weighted by Crippen LogP contribution is 2.46. The molecule has 3 heterocycles. The average Bonchev–Trinajstić information content (AvgIpc) is 3.40. The van der Waals surface area contributed by atoms with E-state index in [9.17, 15) is 24.4 Å². The molecule has 10 heteroatoms. The van der Waals surface area contributed by atoms with Crippen LogP contribution in [-0.2, 0) is 24.6 Å². The summed E-state index contributed by atoms with van der Waals surface area (Å²) < 4.78 is 0. The van der Waals surface area contributed by atoms with Crippen LogP contribution in [0.1, 0.15) is 38.7 Å². The molecule has 37 heavy (non-hydrogen) atoms. The number of rotatable bonds is 7. The van der Waals surface area contributed by atoms with Crippen molar-refractivity contribution in [2.45, 2.75) is 50.6 Å². The molecule has 0 aliphatic carbocycles. The Morgan fingerprint density at radius 3 is 2.65 bits per heavy atom. The third-order valence-corrected chi connectivity index (χ3v) is 7.00. The average molecular weight is 503 g/mol. The lowest BCUT2D eigenvalue weighted by Gasteiger charge is -2.33. The van der Waals surface area contributed by atoms with Gasteiger partial charge in [-0.3, -0.25) is 19.2 Å². The summed E-state index contributed by atoms with van der Waals surface area (Å²) in [5.74, 6) is -1.33. The van der Waals surface area contributed by atoms with Gasteiger partial charge >= 0.3 is 0 Å². The minimum Gasteiger partial charge on any atom is -0.333 e. The summed E-state index contributed by atoms with van der Waals surface area (Å²) >= 11 is 0. The van der Waals surface area contributed by atoms with E-state index in [1.807, 2.05) is 32.0 Å². The molecule has 2 aliphatic rings. The summed E-state index contributed by atoms with van der Waals surface area (Å²) in [4.78, 5) is 59.2. The van der Waals surface area contributed by atoms with Crippen LogP contribution >= 0.6 is 0 Å². The first-order chi connectivity index (χ1) is 17.7. The van der Waals surface area contributed by atoms with Crippen molar-refractivity contribution in [3.63, 3.8) is 0 Å². The van der Waals surface area contributed by atoms with Crippen molar-refractivity contribution in [2.24, 2.45) is 5.92 Å². The van der Waals surface area contributed by atoms with Crippen molar-refractivity contribution in [3.8, 4) is 6.07 Å². The number of nitriles is 1. The summed E-state index contributed by atoms with van der Waals surface area (Å²) in [6.45, 7) is 3.91. The van der Waals surface area contributed by atoms with E-state index in [0.717, 1.165) is 5.56 Å².